The highest BCUT2D eigenvalue weighted by Crippen LogP contribution is 2.20. The normalized spacial score (nSPS) is 18.5. The van der Waals surface area contributed by atoms with Gasteiger partial charge < -0.3 is 5.32 Å². The highest BCUT2D eigenvalue weighted by Gasteiger charge is 2.28. The summed E-state index contributed by atoms with van der Waals surface area (Å²) in [5.74, 6) is 0.134. The Kier molecular flexibility index (Phi) is 6.44. The third kappa shape index (κ3) is 5.05. The minimum atomic E-state index is -3.19. The van der Waals surface area contributed by atoms with Crippen LogP contribution in [0.2, 0.25) is 0 Å². The second-order valence-corrected chi connectivity index (χ2v) is 9.22. The van der Waals surface area contributed by atoms with Crippen molar-refractivity contribution in [3.8, 4) is 0 Å². The molecule has 3 rings (SSSR count). The van der Waals surface area contributed by atoms with E-state index in [0.29, 0.717) is 31.7 Å². The number of amides is 1. The third-order valence-corrected chi connectivity index (χ3v) is 6.94. The predicted octanol–water partition coefficient (Wildman–Crippen LogP) is 2.81. The van der Waals surface area contributed by atoms with Crippen molar-refractivity contribution < 1.29 is 13.2 Å². The number of sulfonamides is 1. The Hall–Kier alpha value is -1.99. The quantitative estimate of drug-likeness (QED) is 0.790. The number of carbonyl (C=O) groups excluding carboxylic acids is 1. The molecule has 0 bridgehead atoms. The van der Waals surface area contributed by atoms with Crippen molar-refractivity contribution >= 4 is 26.8 Å². The van der Waals surface area contributed by atoms with E-state index in [4.69, 9.17) is 0 Å². The van der Waals surface area contributed by atoms with Gasteiger partial charge in [-0.1, -0.05) is 37.6 Å². The van der Waals surface area contributed by atoms with Crippen molar-refractivity contribution in [2.45, 2.75) is 32.6 Å². The highest BCUT2D eigenvalue weighted by atomic mass is 32.2. The Morgan fingerprint density at radius 1 is 1.26 bits per heavy atom. The number of aromatic nitrogens is 1. The first kappa shape index (κ1) is 19.8. The number of para-hydroxylation sites is 1. The third-order valence-electron chi connectivity index (χ3n) is 5.01. The van der Waals surface area contributed by atoms with Gasteiger partial charge in [0.25, 0.3) is 5.91 Å². The molecule has 2 aromatic rings. The zero-order chi connectivity index (χ0) is 19.3. The van der Waals surface area contributed by atoms with Crippen LogP contribution >= 0.6 is 0 Å². The minimum Gasteiger partial charge on any atom is -0.350 e. The fourth-order valence-electron chi connectivity index (χ4n) is 3.42. The molecule has 1 saturated heterocycles. The van der Waals surface area contributed by atoms with Crippen molar-refractivity contribution in [1.29, 1.82) is 0 Å². The van der Waals surface area contributed by atoms with Gasteiger partial charge in [-0.3, -0.25) is 4.79 Å². The van der Waals surface area contributed by atoms with Gasteiger partial charge in [-0.2, -0.15) is 0 Å². The number of unbranched alkanes of at least 4 members (excludes halogenated alkanes) is 1. The molecule has 2 heterocycles. The molecular weight excluding hydrogens is 362 g/mol. The Morgan fingerprint density at radius 2 is 2.07 bits per heavy atom. The lowest BCUT2D eigenvalue weighted by atomic mass is 10.00. The van der Waals surface area contributed by atoms with E-state index in [0.717, 1.165) is 30.2 Å². The first-order valence-electron chi connectivity index (χ1n) is 9.61. The van der Waals surface area contributed by atoms with Crippen molar-refractivity contribution in [1.82, 2.24) is 14.6 Å². The molecule has 1 unspecified atom stereocenters. The van der Waals surface area contributed by atoms with E-state index in [9.17, 15) is 13.2 Å². The second kappa shape index (κ2) is 8.80. The van der Waals surface area contributed by atoms with Gasteiger partial charge in [0.2, 0.25) is 10.0 Å². The van der Waals surface area contributed by atoms with Crippen molar-refractivity contribution in [2.24, 2.45) is 5.92 Å². The number of piperidine rings is 1. The fraction of sp³-hybridized carbons (Fsp3) is 0.500. The summed E-state index contributed by atoms with van der Waals surface area (Å²) in [4.78, 5) is 16.9. The molecule has 1 aliphatic heterocycles. The van der Waals surface area contributed by atoms with E-state index < -0.39 is 10.0 Å². The minimum absolute atomic E-state index is 0.138. The number of carbonyl (C=O) groups is 1. The molecule has 1 atom stereocenters. The first-order valence-corrected chi connectivity index (χ1v) is 11.2. The van der Waals surface area contributed by atoms with Gasteiger partial charge in [0, 0.05) is 25.0 Å². The summed E-state index contributed by atoms with van der Waals surface area (Å²) in [5, 5.41) is 3.92. The van der Waals surface area contributed by atoms with Gasteiger partial charge in [-0.25, -0.2) is 17.7 Å². The van der Waals surface area contributed by atoms with E-state index in [1.54, 1.807) is 10.4 Å². The molecule has 146 valence electrons. The van der Waals surface area contributed by atoms with Crippen LogP contribution in [0, 0.1) is 5.92 Å². The summed E-state index contributed by atoms with van der Waals surface area (Å²) >= 11 is 0. The lowest BCUT2D eigenvalue weighted by molar-refractivity contribution is 0.0937. The lowest BCUT2D eigenvalue weighted by Gasteiger charge is -2.32. The average Bonchev–Trinajstić information content (AvgIpc) is 2.70. The number of pyridine rings is 1. The summed E-state index contributed by atoms with van der Waals surface area (Å²) in [6.45, 7) is 3.53. The van der Waals surface area contributed by atoms with Gasteiger partial charge in [-0.05, 0) is 37.3 Å². The summed E-state index contributed by atoms with van der Waals surface area (Å²) in [7, 11) is -3.19. The van der Waals surface area contributed by atoms with Crippen LogP contribution in [0.25, 0.3) is 10.9 Å². The lowest BCUT2D eigenvalue weighted by Crippen LogP contribution is -2.44. The standard InChI is InChI=1S/C20H27N3O3S/c1-2-3-13-27(25,26)23-12-6-7-16(15-23)14-21-20(24)19-11-10-17-8-4-5-9-18(17)22-19/h4-5,8-11,16H,2-3,6-7,12-15H2,1H3,(H,21,24). The van der Waals surface area contributed by atoms with E-state index >= 15 is 0 Å². The molecule has 1 aliphatic rings. The smallest absolute Gasteiger partial charge is 0.269 e. The van der Waals surface area contributed by atoms with E-state index in [1.165, 1.54) is 0 Å². The number of nitrogens with one attached hydrogen (secondary N) is 1. The van der Waals surface area contributed by atoms with Crippen LogP contribution in [0.15, 0.2) is 36.4 Å². The molecular formula is C20H27N3O3S. The monoisotopic (exact) mass is 389 g/mol. The maximum absolute atomic E-state index is 12.4. The van der Waals surface area contributed by atoms with Gasteiger partial charge >= 0.3 is 0 Å². The number of nitrogens with zero attached hydrogens (tertiary/aromatic N) is 2. The van der Waals surface area contributed by atoms with E-state index in [-0.39, 0.29) is 17.6 Å². The SMILES string of the molecule is CCCCS(=O)(=O)N1CCCC(CNC(=O)c2ccc3ccccc3n2)C1. The van der Waals surface area contributed by atoms with Crippen LogP contribution in [0.4, 0.5) is 0 Å². The van der Waals surface area contributed by atoms with Gasteiger partial charge in [0.05, 0.1) is 11.3 Å². The van der Waals surface area contributed by atoms with Crippen LogP contribution in [-0.2, 0) is 10.0 Å². The Morgan fingerprint density at radius 3 is 2.89 bits per heavy atom. The van der Waals surface area contributed by atoms with Crippen molar-refractivity contribution in [3.05, 3.63) is 42.1 Å². The summed E-state index contributed by atoms with van der Waals surface area (Å²) in [5.41, 5.74) is 1.17. The van der Waals surface area contributed by atoms with Crippen molar-refractivity contribution in [3.63, 3.8) is 0 Å². The Bertz CT molecular complexity index is 898. The molecule has 0 aliphatic carbocycles. The molecule has 27 heavy (non-hydrogen) atoms. The van der Waals surface area contributed by atoms with Crippen LogP contribution in [-0.4, -0.2) is 49.0 Å². The average molecular weight is 390 g/mol. The summed E-state index contributed by atoms with van der Waals surface area (Å²) in [6, 6.07) is 11.3. The number of rotatable bonds is 7. The first-order chi connectivity index (χ1) is 13.0. The molecule has 1 N–H and O–H groups in total. The van der Waals surface area contributed by atoms with Crippen LogP contribution in [0.1, 0.15) is 43.1 Å². The molecule has 6 nitrogen and oxygen atoms in total. The van der Waals surface area contributed by atoms with E-state index in [2.05, 4.69) is 10.3 Å². The molecule has 1 amide bonds. The van der Waals surface area contributed by atoms with Gasteiger partial charge in [-0.15, -0.1) is 0 Å². The molecule has 0 saturated carbocycles. The van der Waals surface area contributed by atoms with E-state index in [1.807, 2.05) is 37.3 Å². The highest BCUT2D eigenvalue weighted by molar-refractivity contribution is 7.89. The fourth-order valence-corrected chi connectivity index (χ4v) is 5.18. The maximum Gasteiger partial charge on any atom is 0.269 e. The van der Waals surface area contributed by atoms with Crippen LogP contribution in [0.3, 0.4) is 0 Å². The second-order valence-electron chi connectivity index (χ2n) is 7.14. The topological polar surface area (TPSA) is 79.4 Å². The molecule has 1 aromatic carbocycles. The maximum atomic E-state index is 12.4. The summed E-state index contributed by atoms with van der Waals surface area (Å²) in [6.07, 6.45) is 3.31. The van der Waals surface area contributed by atoms with Crippen LogP contribution < -0.4 is 5.32 Å². The van der Waals surface area contributed by atoms with Crippen molar-refractivity contribution in [2.75, 3.05) is 25.4 Å². The van der Waals surface area contributed by atoms with Crippen LogP contribution in [0.5, 0.6) is 0 Å². The Labute approximate surface area is 161 Å². The molecule has 0 spiro atoms. The predicted molar refractivity (Wildman–Crippen MR) is 107 cm³/mol. The summed E-state index contributed by atoms with van der Waals surface area (Å²) < 4.78 is 26.4. The molecule has 0 radical (unpaired) electrons. The molecule has 1 fully saturated rings. The van der Waals surface area contributed by atoms with Gasteiger partial charge in [0.1, 0.15) is 5.69 Å². The molecule has 1 aromatic heterocycles. The number of fused-ring (bicyclic) bond motifs is 1. The largest absolute Gasteiger partial charge is 0.350 e. The number of hydrogen-bond donors (Lipinski definition) is 1. The van der Waals surface area contributed by atoms with Gasteiger partial charge in [0.15, 0.2) is 0 Å². The number of benzene rings is 1. The number of hydrogen-bond acceptors (Lipinski definition) is 4. The zero-order valence-electron chi connectivity index (χ0n) is 15.7. The zero-order valence-corrected chi connectivity index (χ0v) is 16.5. The molecule has 7 heteroatoms. The Balaban J connectivity index is 1.57.